The first-order valence-corrected chi connectivity index (χ1v) is 16.9. The molecule has 0 saturated carbocycles. The fourth-order valence-corrected chi connectivity index (χ4v) is 7.57. The smallest absolute Gasteiger partial charge is 0.147 e. The summed E-state index contributed by atoms with van der Waals surface area (Å²) in [6.45, 7) is 0. The van der Waals surface area contributed by atoms with E-state index in [1.807, 2.05) is 12.4 Å². The third kappa shape index (κ3) is 4.46. The number of pyridine rings is 2. The molecule has 4 nitrogen and oxygen atoms in total. The van der Waals surface area contributed by atoms with Crippen LogP contribution in [0.2, 0.25) is 0 Å². The SMILES string of the molecule is c1ccc(-c2cc(-c3ccccc3)cc(-n3c4ccccc4c4c3ncc3c5cc(-c6ccccc6)ccc5n(-c5ccncc5)c34)c2)cc1. The van der Waals surface area contributed by atoms with Crippen molar-refractivity contribution in [1.82, 2.24) is 19.1 Å². The molecule has 0 saturated heterocycles. The molecular formula is C46H30N4. The van der Waals surface area contributed by atoms with Crippen LogP contribution in [-0.4, -0.2) is 19.1 Å². The summed E-state index contributed by atoms with van der Waals surface area (Å²) < 4.78 is 4.73. The zero-order chi connectivity index (χ0) is 33.0. The van der Waals surface area contributed by atoms with Crippen molar-refractivity contribution in [2.24, 2.45) is 0 Å². The number of hydrogen-bond donors (Lipinski definition) is 0. The minimum atomic E-state index is 0.921. The van der Waals surface area contributed by atoms with Gasteiger partial charge in [-0.05, 0) is 81.9 Å². The van der Waals surface area contributed by atoms with E-state index in [2.05, 4.69) is 184 Å². The van der Waals surface area contributed by atoms with E-state index >= 15 is 0 Å². The molecule has 50 heavy (non-hydrogen) atoms. The van der Waals surface area contributed by atoms with E-state index in [9.17, 15) is 0 Å². The Kier molecular flexibility index (Phi) is 6.46. The molecule has 0 spiro atoms. The summed E-state index contributed by atoms with van der Waals surface area (Å²) in [4.78, 5) is 9.69. The lowest BCUT2D eigenvalue weighted by Gasteiger charge is -2.14. The summed E-state index contributed by atoms with van der Waals surface area (Å²) in [6, 6.07) is 58.4. The molecule has 4 heterocycles. The van der Waals surface area contributed by atoms with Crippen molar-refractivity contribution in [2.45, 2.75) is 0 Å². The normalized spacial score (nSPS) is 11.6. The minimum absolute atomic E-state index is 0.921. The lowest BCUT2D eigenvalue weighted by molar-refractivity contribution is 1.13. The monoisotopic (exact) mass is 638 g/mol. The molecule has 0 fully saturated rings. The van der Waals surface area contributed by atoms with Gasteiger partial charge in [-0.15, -0.1) is 0 Å². The van der Waals surface area contributed by atoms with Crippen molar-refractivity contribution in [3.63, 3.8) is 0 Å². The number of para-hydroxylation sites is 1. The van der Waals surface area contributed by atoms with Crippen molar-refractivity contribution in [3.05, 3.63) is 182 Å². The van der Waals surface area contributed by atoms with E-state index in [0.29, 0.717) is 0 Å². The highest BCUT2D eigenvalue weighted by Crippen LogP contribution is 2.42. The fraction of sp³-hybridized carbons (Fsp3) is 0. The quantitative estimate of drug-likeness (QED) is 0.188. The van der Waals surface area contributed by atoms with Gasteiger partial charge in [0.25, 0.3) is 0 Å². The molecule has 4 heteroatoms. The topological polar surface area (TPSA) is 35.6 Å². The van der Waals surface area contributed by atoms with Gasteiger partial charge in [0.05, 0.1) is 21.9 Å². The zero-order valence-electron chi connectivity index (χ0n) is 27.1. The highest BCUT2D eigenvalue weighted by molar-refractivity contribution is 6.25. The molecule has 0 aliphatic carbocycles. The summed E-state index contributed by atoms with van der Waals surface area (Å²) in [5.74, 6) is 0. The first kappa shape index (κ1) is 28.3. The summed E-state index contributed by atoms with van der Waals surface area (Å²) >= 11 is 0. The Bertz CT molecular complexity index is 2780. The van der Waals surface area contributed by atoms with Crippen LogP contribution < -0.4 is 0 Å². The Hall–Kier alpha value is -6.78. The molecule has 0 aliphatic heterocycles. The van der Waals surface area contributed by atoms with Crippen LogP contribution in [0.4, 0.5) is 0 Å². The number of rotatable bonds is 5. The van der Waals surface area contributed by atoms with Gasteiger partial charge in [-0.25, -0.2) is 4.98 Å². The molecule has 234 valence electrons. The fourth-order valence-electron chi connectivity index (χ4n) is 7.57. The van der Waals surface area contributed by atoms with Crippen LogP contribution in [-0.2, 0) is 0 Å². The first-order chi connectivity index (χ1) is 24.8. The molecule has 10 rings (SSSR count). The zero-order valence-corrected chi connectivity index (χ0v) is 27.1. The predicted molar refractivity (Wildman–Crippen MR) is 207 cm³/mol. The third-order valence-electron chi connectivity index (χ3n) is 9.83. The maximum absolute atomic E-state index is 5.32. The van der Waals surface area contributed by atoms with E-state index < -0.39 is 0 Å². The Labute approximate surface area is 289 Å². The van der Waals surface area contributed by atoms with Crippen molar-refractivity contribution in [1.29, 1.82) is 0 Å². The van der Waals surface area contributed by atoms with Gasteiger partial charge in [-0.1, -0.05) is 115 Å². The summed E-state index contributed by atoms with van der Waals surface area (Å²) in [5, 5.41) is 4.57. The van der Waals surface area contributed by atoms with Gasteiger partial charge in [0.1, 0.15) is 5.65 Å². The van der Waals surface area contributed by atoms with Gasteiger partial charge < -0.3 is 4.57 Å². The molecule has 6 aromatic carbocycles. The maximum atomic E-state index is 5.32. The van der Waals surface area contributed by atoms with E-state index in [0.717, 1.165) is 60.9 Å². The second kappa shape index (κ2) is 11.4. The third-order valence-corrected chi connectivity index (χ3v) is 9.83. The number of nitrogens with zero attached hydrogens (tertiary/aromatic N) is 4. The Morgan fingerprint density at radius 3 is 1.62 bits per heavy atom. The van der Waals surface area contributed by atoms with Crippen molar-refractivity contribution >= 4 is 43.7 Å². The van der Waals surface area contributed by atoms with Crippen molar-refractivity contribution in [3.8, 4) is 44.8 Å². The second-order valence-electron chi connectivity index (χ2n) is 12.7. The van der Waals surface area contributed by atoms with Gasteiger partial charge in [-0.2, -0.15) is 0 Å². The van der Waals surface area contributed by atoms with Crippen LogP contribution in [0.15, 0.2) is 182 Å². The number of fused-ring (bicyclic) bond motifs is 7. The summed E-state index contributed by atoms with van der Waals surface area (Å²) in [5.41, 5.74) is 13.5. The Morgan fingerprint density at radius 1 is 0.380 bits per heavy atom. The van der Waals surface area contributed by atoms with Gasteiger partial charge in [-0.3, -0.25) is 9.55 Å². The average molecular weight is 639 g/mol. The first-order valence-electron chi connectivity index (χ1n) is 16.9. The Morgan fingerprint density at radius 2 is 0.960 bits per heavy atom. The molecule has 0 aliphatic rings. The van der Waals surface area contributed by atoms with Gasteiger partial charge in [0, 0.05) is 46.1 Å². The summed E-state index contributed by atoms with van der Waals surface area (Å²) in [7, 11) is 0. The van der Waals surface area contributed by atoms with Crippen LogP contribution in [0.3, 0.4) is 0 Å². The van der Waals surface area contributed by atoms with Crippen molar-refractivity contribution < 1.29 is 0 Å². The molecule has 4 aromatic heterocycles. The highest BCUT2D eigenvalue weighted by atomic mass is 15.1. The second-order valence-corrected chi connectivity index (χ2v) is 12.7. The molecule has 0 unspecified atom stereocenters. The van der Waals surface area contributed by atoms with E-state index in [4.69, 9.17) is 4.98 Å². The minimum Gasteiger partial charge on any atom is -0.308 e. The largest absolute Gasteiger partial charge is 0.308 e. The molecule has 0 atom stereocenters. The number of benzene rings is 6. The van der Waals surface area contributed by atoms with Crippen molar-refractivity contribution in [2.75, 3.05) is 0 Å². The summed E-state index contributed by atoms with van der Waals surface area (Å²) in [6.07, 6.45) is 5.81. The van der Waals surface area contributed by atoms with Crippen LogP contribution in [0.1, 0.15) is 0 Å². The standard InChI is InChI=1S/C46H30N4/c1-4-12-31(13-5-1)34-20-21-43-40(29-34)41-30-48-46-44(45(41)49(43)37-22-24-47-25-23-37)39-18-10-11-19-42(39)50(46)38-27-35(32-14-6-2-7-15-32)26-36(28-38)33-16-8-3-9-17-33/h1-30H. The molecule has 0 N–H and O–H groups in total. The Balaban J connectivity index is 1.33. The van der Waals surface area contributed by atoms with E-state index in [1.54, 1.807) is 0 Å². The van der Waals surface area contributed by atoms with Crippen LogP contribution >= 0.6 is 0 Å². The van der Waals surface area contributed by atoms with Gasteiger partial charge >= 0.3 is 0 Å². The molecular weight excluding hydrogens is 609 g/mol. The van der Waals surface area contributed by atoms with E-state index in [-0.39, 0.29) is 0 Å². The number of aromatic nitrogens is 4. The van der Waals surface area contributed by atoms with Gasteiger partial charge in [0.2, 0.25) is 0 Å². The average Bonchev–Trinajstić information content (AvgIpc) is 3.71. The molecule has 0 radical (unpaired) electrons. The molecule has 0 amide bonds. The van der Waals surface area contributed by atoms with E-state index in [1.165, 1.54) is 27.6 Å². The van der Waals surface area contributed by atoms with Gasteiger partial charge in [0.15, 0.2) is 0 Å². The maximum Gasteiger partial charge on any atom is 0.147 e. The molecule has 10 aromatic rings. The van der Waals surface area contributed by atoms with Crippen LogP contribution in [0.25, 0.3) is 88.5 Å². The highest BCUT2D eigenvalue weighted by Gasteiger charge is 2.22. The number of hydrogen-bond acceptors (Lipinski definition) is 2. The molecule has 0 bridgehead atoms. The lowest BCUT2D eigenvalue weighted by atomic mass is 9.98. The predicted octanol–water partition coefficient (Wildman–Crippen LogP) is 11.7. The van der Waals surface area contributed by atoms with Crippen LogP contribution in [0.5, 0.6) is 0 Å². The lowest BCUT2D eigenvalue weighted by Crippen LogP contribution is -1.98. The van der Waals surface area contributed by atoms with Crippen LogP contribution in [0, 0.1) is 0 Å².